The molecule has 6 nitrogen and oxygen atoms in total. The van der Waals surface area contributed by atoms with Crippen molar-refractivity contribution >= 4 is 11.8 Å². The van der Waals surface area contributed by atoms with Gasteiger partial charge < -0.3 is 9.30 Å². The molecule has 0 N–H and O–H groups in total. The zero-order valence-electron chi connectivity index (χ0n) is 15.3. The van der Waals surface area contributed by atoms with Crippen LogP contribution in [0.25, 0.3) is 5.69 Å². The Labute approximate surface area is 152 Å². The zero-order chi connectivity index (χ0) is 18.8. The molecule has 6 heteroatoms. The Morgan fingerprint density at radius 3 is 2.27 bits per heavy atom. The van der Waals surface area contributed by atoms with Gasteiger partial charge in [0.15, 0.2) is 6.61 Å². The first-order chi connectivity index (χ1) is 12.4. The first-order valence-electron chi connectivity index (χ1n) is 8.33. The molecule has 134 valence electrons. The van der Waals surface area contributed by atoms with Crippen LogP contribution in [0.4, 0.5) is 0 Å². The largest absolute Gasteiger partial charge is 0.454 e. The third kappa shape index (κ3) is 3.31. The lowest BCUT2D eigenvalue weighted by molar-refractivity contribution is 0.0474. The third-order valence-corrected chi connectivity index (χ3v) is 4.59. The molecule has 3 rings (SSSR count). The Morgan fingerprint density at radius 1 is 1.04 bits per heavy atom. The summed E-state index contributed by atoms with van der Waals surface area (Å²) in [6.45, 7) is 5.48. The van der Waals surface area contributed by atoms with Crippen LogP contribution in [0, 0.1) is 20.8 Å². The van der Waals surface area contributed by atoms with Gasteiger partial charge in [0.2, 0.25) is 5.78 Å². The molecule has 0 atom stereocenters. The highest BCUT2D eigenvalue weighted by Gasteiger charge is 2.16. The minimum absolute atomic E-state index is 0.205. The Bertz CT molecular complexity index is 965. The predicted octanol–water partition coefficient (Wildman–Crippen LogP) is 3.18. The SMILES string of the molecule is Cc1ccnn1-c1ccc(C(=O)OCC(=O)c2cc(C)n(C)c2C)cc1. The topological polar surface area (TPSA) is 66.1 Å². The van der Waals surface area contributed by atoms with Crippen LogP contribution in [0.15, 0.2) is 42.6 Å². The molecule has 0 aliphatic rings. The van der Waals surface area contributed by atoms with E-state index in [4.69, 9.17) is 4.74 Å². The summed E-state index contributed by atoms with van der Waals surface area (Å²) >= 11 is 0. The minimum atomic E-state index is -0.521. The number of benzene rings is 1. The molecular formula is C20H21N3O3. The first kappa shape index (κ1) is 17.7. The van der Waals surface area contributed by atoms with Crippen LogP contribution in [0.3, 0.4) is 0 Å². The zero-order valence-corrected chi connectivity index (χ0v) is 15.3. The Hall–Kier alpha value is -3.15. The molecule has 0 amide bonds. The highest BCUT2D eigenvalue weighted by molar-refractivity contribution is 6.00. The maximum Gasteiger partial charge on any atom is 0.338 e. The predicted molar refractivity (Wildman–Crippen MR) is 97.8 cm³/mol. The molecule has 1 aromatic carbocycles. The van der Waals surface area contributed by atoms with Crippen molar-refractivity contribution in [2.75, 3.05) is 6.61 Å². The van der Waals surface area contributed by atoms with Crippen molar-refractivity contribution in [1.82, 2.24) is 14.3 Å². The molecule has 26 heavy (non-hydrogen) atoms. The number of nitrogens with zero attached hydrogens (tertiary/aromatic N) is 3. The second-order valence-corrected chi connectivity index (χ2v) is 6.27. The second-order valence-electron chi connectivity index (χ2n) is 6.27. The van der Waals surface area contributed by atoms with Gasteiger partial charge in [0, 0.05) is 35.9 Å². The van der Waals surface area contributed by atoms with Crippen molar-refractivity contribution < 1.29 is 14.3 Å². The molecule has 0 saturated heterocycles. The fraction of sp³-hybridized carbons (Fsp3) is 0.250. The summed E-state index contributed by atoms with van der Waals surface area (Å²) in [4.78, 5) is 24.5. The number of ether oxygens (including phenoxy) is 1. The van der Waals surface area contributed by atoms with Gasteiger partial charge in [-0.15, -0.1) is 0 Å². The van der Waals surface area contributed by atoms with Gasteiger partial charge in [0.25, 0.3) is 0 Å². The van der Waals surface area contributed by atoms with E-state index >= 15 is 0 Å². The van der Waals surface area contributed by atoms with E-state index in [1.165, 1.54) is 0 Å². The number of aromatic nitrogens is 3. The quantitative estimate of drug-likeness (QED) is 0.523. The van der Waals surface area contributed by atoms with Gasteiger partial charge in [-0.05, 0) is 57.2 Å². The summed E-state index contributed by atoms with van der Waals surface area (Å²) in [5.41, 5.74) is 4.69. The first-order valence-corrected chi connectivity index (χ1v) is 8.33. The summed E-state index contributed by atoms with van der Waals surface area (Å²) in [5.74, 6) is -0.726. The monoisotopic (exact) mass is 351 g/mol. The molecule has 0 fully saturated rings. The van der Waals surface area contributed by atoms with Crippen molar-refractivity contribution in [3.63, 3.8) is 0 Å². The minimum Gasteiger partial charge on any atom is -0.454 e. The van der Waals surface area contributed by atoms with Crippen LogP contribution in [-0.4, -0.2) is 32.7 Å². The van der Waals surface area contributed by atoms with Crippen LogP contribution in [-0.2, 0) is 11.8 Å². The van der Waals surface area contributed by atoms with Crippen LogP contribution in [0.5, 0.6) is 0 Å². The second kappa shape index (κ2) is 7.00. The fourth-order valence-corrected chi connectivity index (χ4v) is 2.81. The van der Waals surface area contributed by atoms with Crippen LogP contribution >= 0.6 is 0 Å². The van der Waals surface area contributed by atoms with Crippen molar-refractivity contribution in [3.05, 3.63) is 70.8 Å². The molecule has 3 aromatic rings. The van der Waals surface area contributed by atoms with E-state index in [1.807, 2.05) is 44.5 Å². The fourth-order valence-electron chi connectivity index (χ4n) is 2.81. The molecule has 0 aliphatic carbocycles. The van der Waals surface area contributed by atoms with Crippen LogP contribution in [0.1, 0.15) is 37.8 Å². The average molecular weight is 351 g/mol. The van der Waals surface area contributed by atoms with Crippen molar-refractivity contribution in [3.8, 4) is 5.69 Å². The number of aryl methyl sites for hydroxylation is 2. The molecule has 0 saturated carbocycles. The molecular weight excluding hydrogens is 330 g/mol. The van der Waals surface area contributed by atoms with E-state index in [1.54, 1.807) is 35.1 Å². The molecule has 0 spiro atoms. The lowest BCUT2D eigenvalue weighted by Gasteiger charge is -2.07. The van der Waals surface area contributed by atoms with Crippen LogP contribution in [0.2, 0.25) is 0 Å². The number of ketones is 1. The molecule has 0 unspecified atom stereocenters. The molecule has 0 bridgehead atoms. The van der Waals surface area contributed by atoms with Crippen molar-refractivity contribution in [1.29, 1.82) is 0 Å². The van der Waals surface area contributed by atoms with Crippen molar-refractivity contribution in [2.45, 2.75) is 20.8 Å². The maximum atomic E-state index is 12.3. The van der Waals surface area contributed by atoms with Gasteiger partial charge in [-0.2, -0.15) is 5.10 Å². The number of carbonyl (C=O) groups is 2. The van der Waals surface area contributed by atoms with Gasteiger partial charge >= 0.3 is 5.97 Å². The highest BCUT2D eigenvalue weighted by atomic mass is 16.5. The average Bonchev–Trinajstić information content (AvgIpc) is 3.18. The summed E-state index contributed by atoms with van der Waals surface area (Å²) in [7, 11) is 1.90. The van der Waals surface area contributed by atoms with Gasteiger partial charge in [-0.1, -0.05) is 0 Å². The van der Waals surface area contributed by atoms with Gasteiger partial charge in [-0.25, -0.2) is 9.48 Å². The number of Topliss-reactive ketones (excluding diaryl/α,β-unsaturated/α-hetero) is 1. The molecule has 2 heterocycles. The smallest absolute Gasteiger partial charge is 0.338 e. The third-order valence-electron chi connectivity index (χ3n) is 4.59. The lowest BCUT2D eigenvalue weighted by atomic mass is 10.1. The molecule has 0 radical (unpaired) electrons. The summed E-state index contributed by atoms with van der Waals surface area (Å²) < 4.78 is 8.90. The van der Waals surface area contributed by atoms with E-state index in [-0.39, 0.29) is 12.4 Å². The Morgan fingerprint density at radius 2 is 1.73 bits per heavy atom. The van der Waals surface area contributed by atoms with E-state index in [9.17, 15) is 9.59 Å². The number of hydrogen-bond acceptors (Lipinski definition) is 4. The standard InChI is InChI=1S/C20H21N3O3/c1-13-9-10-21-23(13)17-7-5-16(6-8-17)20(25)26-12-19(24)18-11-14(2)22(4)15(18)3/h5-11H,12H2,1-4H3. The number of esters is 1. The van der Waals surface area contributed by atoms with E-state index in [0.717, 1.165) is 22.8 Å². The van der Waals surface area contributed by atoms with Gasteiger partial charge in [0.05, 0.1) is 11.3 Å². The number of carbonyl (C=O) groups excluding carboxylic acids is 2. The Kier molecular flexibility index (Phi) is 4.75. The van der Waals surface area contributed by atoms with E-state index in [0.29, 0.717) is 11.1 Å². The van der Waals surface area contributed by atoms with Crippen molar-refractivity contribution in [2.24, 2.45) is 7.05 Å². The molecule has 2 aromatic heterocycles. The van der Waals surface area contributed by atoms with E-state index < -0.39 is 5.97 Å². The summed E-state index contributed by atoms with van der Waals surface area (Å²) in [6, 6.07) is 10.6. The van der Waals surface area contributed by atoms with Gasteiger partial charge in [-0.3, -0.25) is 4.79 Å². The highest BCUT2D eigenvalue weighted by Crippen LogP contribution is 2.15. The maximum absolute atomic E-state index is 12.3. The normalized spacial score (nSPS) is 10.8. The molecule has 0 aliphatic heterocycles. The van der Waals surface area contributed by atoms with Crippen LogP contribution < -0.4 is 0 Å². The number of hydrogen-bond donors (Lipinski definition) is 0. The summed E-state index contributed by atoms with van der Waals surface area (Å²) in [5, 5.41) is 4.22. The van der Waals surface area contributed by atoms with Gasteiger partial charge in [0.1, 0.15) is 0 Å². The van der Waals surface area contributed by atoms with E-state index in [2.05, 4.69) is 5.10 Å². The number of rotatable bonds is 5. The lowest BCUT2D eigenvalue weighted by Crippen LogP contribution is -2.15. The summed E-state index contributed by atoms with van der Waals surface area (Å²) in [6.07, 6.45) is 1.72. The Balaban J connectivity index is 1.66.